The summed E-state index contributed by atoms with van der Waals surface area (Å²) < 4.78 is 9.76. The average Bonchev–Trinajstić information content (AvgIpc) is 2.30. The summed E-state index contributed by atoms with van der Waals surface area (Å²) in [5.41, 5.74) is 0.713. The van der Waals surface area contributed by atoms with Gasteiger partial charge in [-0.15, -0.1) is 0 Å². The van der Waals surface area contributed by atoms with E-state index in [1.54, 1.807) is 31.2 Å². The van der Waals surface area contributed by atoms with Gasteiger partial charge in [-0.2, -0.15) is 0 Å². The lowest BCUT2D eigenvalue weighted by molar-refractivity contribution is -0.138. The molecule has 5 nitrogen and oxygen atoms in total. The van der Waals surface area contributed by atoms with Crippen molar-refractivity contribution in [3.63, 3.8) is 0 Å². The molecule has 1 heterocycles. The van der Waals surface area contributed by atoms with E-state index >= 15 is 0 Å². The Morgan fingerprint density at radius 2 is 2.24 bits per heavy atom. The van der Waals surface area contributed by atoms with Crippen molar-refractivity contribution in [2.24, 2.45) is 0 Å². The highest BCUT2D eigenvalue weighted by Crippen LogP contribution is 2.29. The maximum atomic E-state index is 11.5. The molecule has 0 atom stereocenters. The molecule has 0 bridgehead atoms. The van der Waals surface area contributed by atoms with E-state index in [4.69, 9.17) is 9.47 Å². The molecule has 2 rings (SSSR count). The highest BCUT2D eigenvalue weighted by atomic mass is 16.5. The first kappa shape index (κ1) is 11.2. The van der Waals surface area contributed by atoms with Crippen molar-refractivity contribution < 1.29 is 19.1 Å². The summed E-state index contributed by atoms with van der Waals surface area (Å²) >= 11 is 0. The van der Waals surface area contributed by atoms with Gasteiger partial charge >= 0.3 is 11.9 Å². The number of esters is 2. The van der Waals surface area contributed by atoms with E-state index in [0.29, 0.717) is 11.4 Å². The number of para-hydroxylation sites is 2. The van der Waals surface area contributed by atoms with Gasteiger partial charge < -0.3 is 14.8 Å². The second kappa shape index (κ2) is 4.69. The van der Waals surface area contributed by atoms with Gasteiger partial charge in [0, 0.05) is 0 Å². The molecule has 0 aliphatic carbocycles. The minimum absolute atomic E-state index is 0.0714. The summed E-state index contributed by atoms with van der Waals surface area (Å²) in [4.78, 5) is 22.8. The van der Waals surface area contributed by atoms with Crippen molar-refractivity contribution in [1.82, 2.24) is 0 Å². The van der Waals surface area contributed by atoms with E-state index in [1.165, 1.54) is 0 Å². The van der Waals surface area contributed by atoms with Crippen LogP contribution in [0.2, 0.25) is 0 Å². The van der Waals surface area contributed by atoms with Gasteiger partial charge in [0.1, 0.15) is 5.70 Å². The maximum absolute atomic E-state index is 11.5. The molecule has 1 aromatic carbocycles. The van der Waals surface area contributed by atoms with Gasteiger partial charge in [0.15, 0.2) is 5.75 Å². The highest BCUT2D eigenvalue weighted by molar-refractivity contribution is 6.02. The molecule has 1 N–H and O–H groups in total. The molecule has 0 aromatic heterocycles. The van der Waals surface area contributed by atoms with Crippen molar-refractivity contribution in [2.75, 3.05) is 11.9 Å². The monoisotopic (exact) mass is 233 g/mol. The van der Waals surface area contributed by atoms with Crippen LogP contribution in [0.4, 0.5) is 5.69 Å². The van der Waals surface area contributed by atoms with Crippen LogP contribution < -0.4 is 10.1 Å². The normalized spacial score (nSPS) is 15.8. The van der Waals surface area contributed by atoms with Crippen LogP contribution in [0.1, 0.15) is 6.92 Å². The van der Waals surface area contributed by atoms with Crippen LogP contribution >= 0.6 is 0 Å². The molecule has 5 heteroatoms. The lowest BCUT2D eigenvalue weighted by atomic mass is 10.2. The van der Waals surface area contributed by atoms with Crippen LogP contribution in [0.5, 0.6) is 5.75 Å². The predicted octanol–water partition coefficient (Wildman–Crippen LogP) is 1.46. The number of nitrogens with one attached hydrogen (secondary N) is 1. The standard InChI is InChI=1S/C12H11NO4/c1-2-16-11(14)7-9-12(15)17-10-6-4-3-5-8(10)13-9/h3-7,13H,2H2,1H3. The van der Waals surface area contributed by atoms with E-state index < -0.39 is 11.9 Å². The highest BCUT2D eigenvalue weighted by Gasteiger charge is 2.22. The van der Waals surface area contributed by atoms with Gasteiger partial charge in [-0.3, -0.25) is 0 Å². The molecule has 0 radical (unpaired) electrons. The maximum Gasteiger partial charge on any atom is 0.360 e. The fourth-order valence-electron chi connectivity index (χ4n) is 1.41. The van der Waals surface area contributed by atoms with Crippen LogP contribution in [-0.4, -0.2) is 18.5 Å². The summed E-state index contributed by atoms with van der Waals surface area (Å²) in [6, 6.07) is 6.98. The number of fused-ring (bicyclic) bond motifs is 1. The van der Waals surface area contributed by atoms with Gasteiger partial charge in [-0.05, 0) is 19.1 Å². The van der Waals surface area contributed by atoms with E-state index in [9.17, 15) is 9.59 Å². The fourth-order valence-corrected chi connectivity index (χ4v) is 1.41. The van der Waals surface area contributed by atoms with Gasteiger partial charge in [0.25, 0.3) is 0 Å². The topological polar surface area (TPSA) is 64.6 Å². The van der Waals surface area contributed by atoms with Crippen LogP contribution in [-0.2, 0) is 14.3 Å². The Morgan fingerprint density at radius 1 is 1.47 bits per heavy atom. The summed E-state index contributed by atoms with van der Waals surface area (Å²) in [6.07, 6.45) is 1.09. The summed E-state index contributed by atoms with van der Waals surface area (Å²) in [6.45, 7) is 1.95. The summed E-state index contributed by atoms with van der Waals surface area (Å²) in [5.74, 6) is -0.735. The van der Waals surface area contributed by atoms with Gasteiger partial charge in [0.2, 0.25) is 0 Å². The first-order valence-corrected chi connectivity index (χ1v) is 5.17. The number of benzene rings is 1. The zero-order valence-electron chi connectivity index (χ0n) is 9.23. The van der Waals surface area contributed by atoms with Crippen LogP contribution in [0.25, 0.3) is 0 Å². The van der Waals surface area contributed by atoms with Crippen molar-refractivity contribution in [1.29, 1.82) is 0 Å². The molecule has 1 aliphatic rings. The van der Waals surface area contributed by atoms with E-state index in [2.05, 4.69) is 5.32 Å². The third-order valence-electron chi connectivity index (χ3n) is 2.13. The molecule has 0 saturated carbocycles. The number of rotatable bonds is 2. The number of anilines is 1. The summed E-state index contributed by atoms with van der Waals surface area (Å²) in [5, 5.41) is 2.82. The molecular formula is C12H11NO4. The van der Waals surface area contributed by atoms with Gasteiger partial charge in [0.05, 0.1) is 18.4 Å². The van der Waals surface area contributed by atoms with Crippen LogP contribution in [0.3, 0.4) is 0 Å². The Morgan fingerprint density at radius 3 is 3.00 bits per heavy atom. The number of ether oxygens (including phenoxy) is 2. The van der Waals surface area contributed by atoms with Gasteiger partial charge in [-0.1, -0.05) is 12.1 Å². The fraction of sp³-hybridized carbons (Fsp3) is 0.167. The lowest BCUT2D eigenvalue weighted by Gasteiger charge is -2.19. The van der Waals surface area contributed by atoms with E-state index in [1.807, 2.05) is 0 Å². The molecule has 0 fully saturated rings. The molecule has 0 amide bonds. The Labute approximate surface area is 98.0 Å². The Hall–Kier alpha value is -2.30. The molecule has 1 aliphatic heterocycles. The first-order chi connectivity index (χ1) is 8.20. The number of carbonyl (C=O) groups is 2. The first-order valence-electron chi connectivity index (χ1n) is 5.17. The van der Waals surface area contributed by atoms with Crippen molar-refractivity contribution in [2.45, 2.75) is 6.92 Å². The Balaban J connectivity index is 2.23. The van der Waals surface area contributed by atoms with Crippen LogP contribution in [0.15, 0.2) is 36.0 Å². The minimum Gasteiger partial charge on any atom is -0.463 e. The molecule has 0 spiro atoms. The van der Waals surface area contributed by atoms with Gasteiger partial charge in [-0.25, -0.2) is 9.59 Å². The van der Waals surface area contributed by atoms with E-state index in [-0.39, 0.29) is 12.3 Å². The predicted molar refractivity (Wildman–Crippen MR) is 60.4 cm³/mol. The van der Waals surface area contributed by atoms with Crippen molar-refractivity contribution >= 4 is 17.6 Å². The number of carbonyl (C=O) groups excluding carboxylic acids is 2. The smallest absolute Gasteiger partial charge is 0.360 e. The van der Waals surface area contributed by atoms with Crippen molar-refractivity contribution in [3.05, 3.63) is 36.0 Å². The minimum atomic E-state index is -0.600. The van der Waals surface area contributed by atoms with E-state index in [0.717, 1.165) is 6.08 Å². The molecule has 0 saturated heterocycles. The lowest BCUT2D eigenvalue weighted by Crippen LogP contribution is -2.24. The molecule has 1 aromatic rings. The molecule has 17 heavy (non-hydrogen) atoms. The molecular weight excluding hydrogens is 222 g/mol. The largest absolute Gasteiger partial charge is 0.463 e. The zero-order chi connectivity index (χ0) is 12.3. The number of hydrogen-bond donors (Lipinski definition) is 1. The summed E-state index contributed by atoms with van der Waals surface area (Å²) in [7, 11) is 0. The molecule has 88 valence electrons. The Bertz CT molecular complexity index is 493. The third kappa shape index (κ3) is 2.44. The molecule has 0 unspecified atom stereocenters. The zero-order valence-corrected chi connectivity index (χ0v) is 9.23. The Kier molecular flexibility index (Phi) is 3.09. The van der Waals surface area contributed by atoms with Crippen LogP contribution in [0, 0.1) is 0 Å². The average molecular weight is 233 g/mol. The quantitative estimate of drug-likeness (QED) is 0.476. The number of hydrogen-bond acceptors (Lipinski definition) is 5. The second-order valence-electron chi connectivity index (χ2n) is 3.32. The third-order valence-corrected chi connectivity index (χ3v) is 2.13. The van der Waals surface area contributed by atoms with Crippen molar-refractivity contribution in [3.8, 4) is 5.75 Å². The SMILES string of the molecule is CCOC(=O)C=C1Nc2ccccc2OC1=O. The second-order valence-corrected chi connectivity index (χ2v) is 3.32.